The molecule has 3 rings (SSSR count). The number of hydrogen-bond donors (Lipinski definition) is 2. The Hall–Kier alpha value is -2.14. The van der Waals surface area contributed by atoms with Crippen LogP contribution in [-0.4, -0.2) is 31.9 Å². The van der Waals surface area contributed by atoms with Crippen LogP contribution in [0, 0.1) is 10.1 Å². The number of aromatic amines is 2. The van der Waals surface area contributed by atoms with Crippen LogP contribution >= 0.6 is 14.3 Å². The maximum Gasteiger partial charge on any atom is 0.0579 e. The Bertz CT molecular complexity index is 1130. The van der Waals surface area contributed by atoms with Crippen molar-refractivity contribution in [3.8, 4) is 0 Å². The molecular weight excluding hydrogens is 402 g/mol. The van der Waals surface area contributed by atoms with Crippen molar-refractivity contribution >= 4 is 25.9 Å². The molecule has 2 aromatic heterocycles. The van der Waals surface area contributed by atoms with Gasteiger partial charge in [0.15, 0.2) is 0 Å². The predicted octanol–water partition coefficient (Wildman–Crippen LogP) is 7.67. The first-order valence-electron chi connectivity index (χ1n) is 10.5. The smallest absolute Gasteiger partial charge is 0.0579 e. The van der Waals surface area contributed by atoms with Crippen molar-refractivity contribution in [2.24, 2.45) is 0 Å². The average molecular weight is 437 g/mol. The van der Waals surface area contributed by atoms with Crippen molar-refractivity contribution in [2.75, 3.05) is 0 Å². The third kappa shape index (κ3) is 5.72. The molecule has 0 aliphatic rings. The summed E-state index contributed by atoms with van der Waals surface area (Å²) >= 11 is 0. The van der Waals surface area contributed by atoms with Crippen molar-refractivity contribution in [2.45, 2.75) is 51.9 Å². The minimum atomic E-state index is -0.498. The maximum absolute atomic E-state index is 3.49. The Labute approximate surface area is 182 Å². The molecule has 2 heterocycles. The number of aromatic nitrogens is 2. The van der Waals surface area contributed by atoms with E-state index < -0.39 is 14.3 Å². The normalized spacial score (nSPS) is 14.6. The monoisotopic (exact) mass is 436 g/mol. The molecule has 4 heteroatoms. The fraction of sp³-hybridized carbons (Fsp3) is 0.308. The molecule has 0 aliphatic carbocycles. The molecule has 1 aromatic carbocycles. The largest absolute Gasteiger partial charge is 0.359 e. The SMILES string of the molecule is CC(C)(C)/P(=C/c1ccccc1/C=P(=c1\cccc[nH]1)/C(C)(C)C)=c1/cccc[nH]1. The summed E-state index contributed by atoms with van der Waals surface area (Å²) in [6, 6.07) is 21.6. The van der Waals surface area contributed by atoms with E-state index in [-0.39, 0.29) is 10.3 Å². The molecule has 0 saturated carbocycles. The lowest BCUT2D eigenvalue weighted by atomic mass is 10.1. The average Bonchev–Trinajstić information content (AvgIpc) is 2.70. The van der Waals surface area contributed by atoms with Gasteiger partial charge >= 0.3 is 0 Å². The first kappa shape index (κ1) is 22.5. The third-order valence-corrected chi connectivity index (χ3v) is 10.4. The summed E-state index contributed by atoms with van der Waals surface area (Å²) < 4.78 is 0. The molecular formula is C26H34N2P2. The summed E-state index contributed by atoms with van der Waals surface area (Å²) in [5.74, 6) is 5.00. The third-order valence-electron chi connectivity index (χ3n) is 4.88. The summed E-state index contributed by atoms with van der Waals surface area (Å²) in [5.41, 5.74) is 2.65. The second kappa shape index (κ2) is 9.34. The molecule has 0 bridgehead atoms. The van der Waals surface area contributed by atoms with Gasteiger partial charge in [-0.2, -0.15) is 0 Å². The lowest BCUT2D eigenvalue weighted by molar-refractivity contribution is 0.797. The van der Waals surface area contributed by atoms with Gasteiger partial charge in [-0.15, -0.1) is 0 Å². The number of benzene rings is 1. The van der Waals surface area contributed by atoms with Gasteiger partial charge in [0.2, 0.25) is 0 Å². The Morgan fingerprint density at radius 1 is 0.567 bits per heavy atom. The van der Waals surface area contributed by atoms with Crippen molar-refractivity contribution in [1.29, 1.82) is 0 Å². The highest BCUT2D eigenvalue weighted by Gasteiger charge is 2.13. The van der Waals surface area contributed by atoms with Gasteiger partial charge in [-0.25, -0.2) is 0 Å². The van der Waals surface area contributed by atoms with Gasteiger partial charge in [-0.3, -0.25) is 0 Å². The van der Waals surface area contributed by atoms with Crippen molar-refractivity contribution in [1.82, 2.24) is 9.97 Å². The molecule has 2 atom stereocenters. The minimum Gasteiger partial charge on any atom is -0.359 e. The van der Waals surface area contributed by atoms with E-state index in [2.05, 4.69) is 112 Å². The number of nitrogens with one attached hydrogen (secondary N) is 2. The first-order valence-corrected chi connectivity index (χ1v) is 13.3. The minimum absolute atomic E-state index is 0.169. The molecule has 0 fully saturated rings. The fourth-order valence-corrected chi connectivity index (χ4v) is 7.79. The molecule has 2 N–H and O–H groups in total. The van der Waals surface area contributed by atoms with Gasteiger partial charge in [0.1, 0.15) is 0 Å². The fourth-order valence-electron chi connectivity index (χ4n) is 3.34. The molecule has 0 amide bonds. The molecule has 0 spiro atoms. The lowest BCUT2D eigenvalue weighted by Crippen LogP contribution is -2.07. The van der Waals surface area contributed by atoms with E-state index in [1.807, 2.05) is 24.5 Å². The number of rotatable bonds is 2. The molecule has 0 saturated heterocycles. The Balaban J connectivity index is 2.36. The second-order valence-corrected chi connectivity index (χ2v) is 15.1. The second-order valence-electron chi connectivity index (χ2n) is 9.46. The van der Waals surface area contributed by atoms with E-state index in [0.717, 1.165) is 0 Å². The Morgan fingerprint density at radius 2 is 0.933 bits per heavy atom. The molecule has 3 aromatic rings. The number of pyridine rings is 2. The maximum atomic E-state index is 3.49. The topological polar surface area (TPSA) is 31.6 Å². The highest BCUT2D eigenvalue weighted by atomic mass is 31.1. The Kier molecular flexibility index (Phi) is 7.02. The van der Waals surface area contributed by atoms with Gasteiger partial charge in [0, 0.05) is 22.7 Å². The van der Waals surface area contributed by atoms with Crippen LogP contribution in [0.4, 0.5) is 0 Å². The van der Waals surface area contributed by atoms with Crippen LogP contribution in [0.15, 0.2) is 73.1 Å². The van der Waals surface area contributed by atoms with Gasteiger partial charge in [-0.1, -0.05) is 92.3 Å². The van der Waals surface area contributed by atoms with Crippen LogP contribution in [0.25, 0.3) is 0 Å². The van der Waals surface area contributed by atoms with Crippen LogP contribution in [0.5, 0.6) is 0 Å². The van der Waals surface area contributed by atoms with E-state index in [0.29, 0.717) is 0 Å². The van der Waals surface area contributed by atoms with Crippen molar-refractivity contribution in [3.63, 3.8) is 0 Å². The van der Waals surface area contributed by atoms with Crippen LogP contribution in [0.1, 0.15) is 52.7 Å². The molecule has 0 radical (unpaired) electrons. The highest BCUT2D eigenvalue weighted by Crippen LogP contribution is 2.35. The number of hydrogen-bond acceptors (Lipinski definition) is 0. The zero-order chi connectivity index (χ0) is 21.8. The predicted molar refractivity (Wildman–Crippen MR) is 138 cm³/mol. The first-order chi connectivity index (χ1) is 14.2. The molecule has 158 valence electrons. The van der Waals surface area contributed by atoms with E-state index in [9.17, 15) is 0 Å². The zero-order valence-corrected chi connectivity index (χ0v) is 20.8. The number of H-pyrrole nitrogens is 2. The van der Waals surface area contributed by atoms with Crippen molar-refractivity contribution in [3.05, 3.63) is 94.3 Å². The zero-order valence-electron chi connectivity index (χ0n) is 19.0. The summed E-state index contributed by atoms with van der Waals surface area (Å²) in [5, 5.41) is 2.96. The van der Waals surface area contributed by atoms with Crippen LogP contribution in [0.2, 0.25) is 0 Å². The van der Waals surface area contributed by atoms with E-state index in [1.165, 1.54) is 21.3 Å². The molecule has 0 aliphatic heterocycles. The molecule has 2 unspecified atom stereocenters. The molecule has 2 nitrogen and oxygen atoms in total. The lowest BCUT2D eigenvalue weighted by Gasteiger charge is -2.19. The summed E-state index contributed by atoms with van der Waals surface area (Å²) in [6.07, 6.45) is 4.07. The van der Waals surface area contributed by atoms with E-state index in [4.69, 9.17) is 0 Å². The van der Waals surface area contributed by atoms with Crippen LogP contribution < -0.4 is 0 Å². The summed E-state index contributed by atoms with van der Waals surface area (Å²) in [7, 11) is -0.996. The summed E-state index contributed by atoms with van der Waals surface area (Å²) in [6.45, 7) is 14.0. The Morgan fingerprint density at radius 3 is 1.23 bits per heavy atom. The van der Waals surface area contributed by atoms with Gasteiger partial charge in [0.25, 0.3) is 0 Å². The van der Waals surface area contributed by atoms with E-state index >= 15 is 0 Å². The summed E-state index contributed by atoms with van der Waals surface area (Å²) in [4.78, 5) is 6.98. The van der Waals surface area contributed by atoms with Gasteiger partial charge < -0.3 is 9.97 Å². The van der Waals surface area contributed by atoms with E-state index in [1.54, 1.807) is 0 Å². The van der Waals surface area contributed by atoms with Gasteiger partial charge in [0.05, 0.1) is 10.1 Å². The highest BCUT2D eigenvalue weighted by molar-refractivity contribution is 7.52. The van der Waals surface area contributed by atoms with Crippen LogP contribution in [0.3, 0.4) is 0 Å². The van der Waals surface area contributed by atoms with Crippen LogP contribution in [-0.2, 0) is 0 Å². The van der Waals surface area contributed by atoms with Gasteiger partial charge in [-0.05, 0) is 47.0 Å². The quantitative estimate of drug-likeness (QED) is 0.386. The molecule has 30 heavy (non-hydrogen) atoms. The standard InChI is InChI=1S/C26H34N2P2/c1-25(2,3)29(23-15-9-11-17-27-23)19-21-13-7-8-14-22(21)20-30(26(4,5)6)24-16-10-12-18-28-24/h7-20,27-28H,1-6H3. The van der Waals surface area contributed by atoms with Crippen molar-refractivity contribution < 1.29 is 0 Å².